The lowest BCUT2D eigenvalue weighted by atomic mass is 10.2. The maximum atomic E-state index is 12.8. The lowest BCUT2D eigenvalue weighted by Gasteiger charge is -2.15. The number of hydrogen-bond donors (Lipinski definition) is 2. The predicted molar refractivity (Wildman–Crippen MR) is 102 cm³/mol. The second-order valence-corrected chi connectivity index (χ2v) is 5.85. The van der Waals surface area contributed by atoms with Crippen LogP contribution < -0.4 is 20.1 Å². The van der Waals surface area contributed by atoms with Gasteiger partial charge in [0.2, 0.25) is 5.89 Å². The molecule has 0 unspecified atom stereocenters. The first-order chi connectivity index (χ1) is 13.4. The van der Waals surface area contributed by atoms with E-state index in [0.717, 1.165) is 11.5 Å². The van der Waals surface area contributed by atoms with E-state index in [2.05, 4.69) is 25.3 Å². The molecule has 0 saturated heterocycles. The van der Waals surface area contributed by atoms with E-state index >= 15 is 0 Å². The highest BCUT2D eigenvalue weighted by Crippen LogP contribution is 2.33. The van der Waals surface area contributed by atoms with E-state index in [1.165, 1.54) is 0 Å². The van der Waals surface area contributed by atoms with Crippen molar-refractivity contribution in [2.45, 2.75) is 47.4 Å². The average molecular weight is 396 g/mol. The number of rotatable bonds is 9. The van der Waals surface area contributed by atoms with Gasteiger partial charge in [0.25, 0.3) is 0 Å². The summed E-state index contributed by atoms with van der Waals surface area (Å²) < 4.78 is 41.3. The molecule has 0 amide bonds. The number of alkyl halides is 2. The van der Waals surface area contributed by atoms with Crippen LogP contribution in [0, 0.1) is 13.8 Å². The fourth-order valence-electron chi connectivity index (χ4n) is 2.46. The van der Waals surface area contributed by atoms with Crippen LogP contribution in [-0.4, -0.2) is 30.7 Å². The summed E-state index contributed by atoms with van der Waals surface area (Å²) in [5.41, 5.74) is 1.33. The Kier molecular flexibility index (Phi) is 8.03. The minimum Gasteiger partial charge on any atom is -0.490 e. The molecule has 154 valence electrons. The van der Waals surface area contributed by atoms with Crippen molar-refractivity contribution in [1.82, 2.24) is 15.6 Å². The summed E-state index contributed by atoms with van der Waals surface area (Å²) >= 11 is 0. The van der Waals surface area contributed by atoms with Crippen LogP contribution in [-0.2, 0) is 13.1 Å². The van der Waals surface area contributed by atoms with Gasteiger partial charge in [-0.2, -0.15) is 8.78 Å². The Bertz CT molecular complexity index is 774. The topological polar surface area (TPSA) is 80.9 Å². The summed E-state index contributed by atoms with van der Waals surface area (Å²) in [6.07, 6.45) is 0. The predicted octanol–water partition coefficient (Wildman–Crippen LogP) is 3.55. The second kappa shape index (κ2) is 10.5. The molecule has 0 aliphatic rings. The zero-order valence-corrected chi connectivity index (χ0v) is 16.5. The van der Waals surface area contributed by atoms with Gasteiger partial charge in [-0.3, -0.25) is 0 Å². The van der Waals surface area contributed by atoms with Gasteiger partial charge < -0.3 is 24.5 Å². The molecule has 0 saturated carbocycles. The third-order valence-corrected chi connectivity index (χ3v) is 3.80. The minimum absolute atomic E-state index is 0.00195. The molecule has 7 nitrogen and oxygen atoms in total. The monoisotopic (exact) mass is 396 g/mol. The number of nitrogens with zero attached hydrogens (tertiary/aromatic N) is 2. The van der Waals surface area contributed by atoms with E-state index in [4.69, 9.17) is 9.15 Å². The fraction of sp³-hybridized carbons (Fsp3) is 0.474. The van der Waals surface area contributed by atoms with Crippen LogP contribution in [0.1, 0.15) is 36.8 Å². The lowest BCUT2D eigenvalue weighted by Crippen LogP contribution is -2.36. The molecule has 0 spiro atoms. The first-order valence-electron chi connectivity index (χ1n) is 9.09. The molecule has 2 aromatic rings. The van der Waals surface area contributed by atoms with Crippen LogP contribution in [0.3, 0.4) is 0 Å². The summed E-state index contributed by atoms with van der Waals surface area (Å²) in [6.45, 7) is 5.92. The average Bonchev–Trinajstić information content (AvgIpc) is 2.97. The third-order valence-electron chi connectivity index (χ3n) is 3.80. The van der Waals surface area contributed by atoms with Gasteiger partial charge in [0.1, 0.15) is 5.76 Å². The molecular weight excluding hydrogens is 370 g/mol. The van der Waals surface area contributed by atoms with E-state index in [9.17, 15) is 8.78 Å². The zero-order valence-electron chi connectivity index (χ0n) is 16.5. The second-order valence-electron chi connectivity index (χ2n) is 5.85. The van der Waals surface area contributed by atoms with Crippen molar-refractivity contribution < 1.29 is 22.7 Å². The number of benzene rings is 1. The summed E-state index contributed by atoms with van der Waals surface area (Å²) in [4.78, 5) is 8.75. The van der Waals surface area contributed by atoms with Crippen molar-refractivity contribution in [2.75, 3.05) is 13.2 Å². The van der Waals surface area contributed by atoms with E-state index in [-0.39, 0.29) is 18.0 Å². The fourth-order valence-corrected chi connectivity index (χ4v) is 2.46. The summed E-state index contributed by atoms with van der Waals surface area (Å²) in [6, 6.07) is 4.98. The molecule has 0 fully saturated rings. The number of aromatic nitrogens is 1. The molecular formula is C19H26F2N4O3. The third kappa shape index (κ3) is 6.11. The Hall–Kier alpha value is -2.84. The van der Waals surface area contributed by atoms with Gasteiger partial charge >= 0.3 is 6.61 Å². The highest BCUT2D eigenvalue weighted by Gasteiger charge is 2.16. The quantitative estimate of drug-likeness (QED) is 0.498. The Morgan fingerprint density at radius 1 is 1.25 bits per heavy atom. The Labute approximate surface area is 163 Å². The number of halogens is 2. The lowest BCUT2D eigenvalue weighted by molar-refractivity contribution is -0.0520. The molecule has 2 rings (SSSR count). The van der Waals surface area contributed by atoms with Gasteiger partial charge in [0.05, 0.1) is 25.4 Å². The van der Waals surface area contributed by atoms with Crippen molar-refractivity contribution in [3.05, 3.63) is 41.1 Å². The molecule has 0 aliphatic carbocycles. The molecule has 0 atom stereocenters. The van der Waals surface area contributed by atoms with Gasteiger partial charge in [0.15, 0.2) is 17.5 Å². The summed E-state index contributed by atoms with van der Waals surface area (Å²) in [5.74, 6) is 2.07. The molecule has 0 aliphatic heterocycles. The van der Waals surface area contributed by atoms with Gasteiger partial charge in [-0.15, -0.1) is 0 Å². The zero-order chi connectivity index (χ0) is 20.5. The van der Waals surface area contributed by atoms with Crippen LogP contribution >= 0.6 is 0 Å². The normalized spacial score (nSPS) is 11.6. The molecule has 1 heterocycles. The van der Waals surface area contributed by atoms with Crippen molar-refractivity contribution in [1.29, 1.82) is 0 Å². The van der Waals surface area contributed by atoms with Crippen LogP contribution in [0.25, 0.3) is 0 Å². The Morgan fingerprint density at radius 3 is 2.64 bits per heavy atom. The van der Waals surface area contributed by atoms with Gasteiger partial charge in [-0.25, -0.2) is 9.98 Å². The van der Waals surface area contributed by atoms with Gasteiger partial charge in [-0.05, 0) is 33.8 Å². The molecule has 0 bridgehead atoms. The number of aryl methyl sites for hydroxylation is 2. The number of nitrogens with one attached hydrogen (secondary N) is 2. The molecule has 0 radical (unpaired) electrons. The van der Waals surface area contributed by atoms with Gasteiger partial charge in [-0.1, -0.05) is 12.1 Å². The van der Waals surface area contributed by atoms with Crippen LogP contribution in [0.15, 0.2) is 27.6 Å². The van der Waals surface area contributed by atoms with E-state index in [1.54, 1.807) is 25.1 Å². The summed E-state index contributed by atoms with van der Waals surface area (Å²) in [7, 11) is 0. The maximum absolute atomic E-state index is 12.8. The number of hydrogen-bond acceptors (Lipinski definition) is 5. The number of para-hydroxylation sites is 1. The Morgan fingerprint density at radius 2 is 2.04 bits per heavy atom. The molecule has 1 aromatic carbocycles. The SMILES string of the molecule is CCNC(=NCc1cccc(OCC)c1OC(F)F)NCc1nc(C)c(C)o1. The smallest absolute Gasteiger partial charge is 0.387 e. The standard InChI is InChI=1S/C19H26F2N4O3/c1-5-22-19(24-11-16-25-12(3)13(4)27-16)23-10-14-8-7-9-15(26-6-2)17(14)28-18(20)21/h7-9,18H,5-6,10-11H2,1-4H3,(H2,22,23,24). The highest BCUT2D eigenvalue weighted by molar-refractivity contribution is 5.79. The van der Waals surface area contributed by atoms with Gasteiger partial charge in [0, 0.05) is 12.1 Å². The van der Waals surface area contributed by atoms with Crippen LogP contribution in [0.4, 0.5) is 8.78 Å². The Balaban J connectivity index is 2.15. The maximum Gasteiger partial charge on any atom is 0.387 e. The van der Waals surface area contributed by atoms with E-state index in [1.807, 2.05) is 20.8 Å². The van der Waals surface area contributed by atoms with E-state index < -0.39 is 6.61 Å². The summed E-state index contributed by atoms with van der Waals surface area (Å²) in [5, 5.41) is 6.20. The molecule has 28 heavy (non-hydrogen) atoms. The molecule has 2 N–H and O–H groups in total. The van der Waals surface area contributed by atoms with Crippen molar-refractivity contribution in [3.8, 4) is 11.5 Å². The first kappa shape index (κ1) is 21.5. The van der Waals surface area contributed by atoms with E-state index in [0.29, 0.717) is 37.1 Å². The van der Waals surface area contributed by atoms with Crippen LogP contribution in [0.5, 0.6) is 11.5 Å². The van der Waals surface area contributed by atoms with Crippen molar-refractivity contribution in [2.24, 2.45) is 4.99 Å². The molecule has 1 aromatic heterocycles. The largest absolute Gasteiger partial charge is 0.490 e. The number of guanidine groups is 1. The van der Waals surface area contributed by atoms with Crippen molar-refractivity contribution >= 4 is 5.96 Å². The van der Waals surface area contributed by atoms with Crippen LogP contribution in [0.2, 0.25) is 0 Å². The number of oxazole rings is 1. The first-order valence-corrected chi connectivity index (χ1v) is 9.09. The number of ether oxygens (including phenoxy) is 2. The molecule has 9 heteroatoms. The number of aliphatic imine (C=N–C) groups is 1. The van der Waals surface area contributed by atoms with Crippen molar-refractivity contribution in [3.63, 3.8) is 0 Å². The highest BCUT2D eigenvalue weighted by atomic mass is 19.3. The minimum atomic E-state index is -2.95.